The molecule has 2 heteroatoms. The number of aromatic nitrogens is 2. The van der Waals surface area contributed by atoms with E-state index in [4.69, 9.17) is 0 Å². The van der Waals surface area contributed by atoms with Crippen LogP contribution in [0.5, 0.6) is 0 Å². The average molecular weight is 264 g/mol. The highest BCUT2D eigenvalue weighted by molar-refractivity contribution is 4.98. The highest BCUT2D eigenvalue weighted by Crippen LogP contribution is 2.07. The van der Waals surface area contributed by atoms with E-state index < -0.39 is 0 Å². The summed E-state index contributed by atoms with van der Waals surface area (Å²) >= 11 is 0. The number of aryl methyl sites for hydroxylation is 2. The van der Waals surface area contributed by atoms with Gasteiger partial charge < -0.3 is 0 Å². The Morgan fingerprint density at radius 2 is 1.37 bits per heavy atom. The van der Waals surface area contributed by atoms with E-state index >= 15 is 0 Å². The van der Waals surface area contributed by atoms with Crippen molar-refractivity contribution in [3.63, 3.8) is 0 Å². The molecule has 0 unspecified atom stereocenters. The molecule has 1 aromatic rings. The van der Waals surface area contributed by atoms with Gasteiger partial charge >= 0.3 is 0 Å². The smallest absolute Gasteiger partial charge is 0.128 e. The molecular formula is C17H32N2. The average Bonchev–Trinajstić information content (AvgIpc) is 2.43. The van der Waals surface area contributed by atoms with Gasteiger partial charge in [-0.15, -0.1) is 0 Å². The first kappa shape index (κ1) is 18.1. The van der Waals surface area contributed by atoms with Crippen LogP contribution >= 0.6 is 0 Å². The molecule has 0 N–H and O–H groups in total. The van der Waals surface area contributed by atoms with Crippen LogP contribution in [0.4, 0.5) is 0 Å². The van der Waals surface area contributed by atoms with Gasteiger partial charge in [-0.05, 0) is 13.0 Å². The van der Waals surface area contributed by atoms with Gasteiger partial charge in [0.25, 0.3) is 0 Å². The van der Waals surface area contributed by atoms with Crippen molar-refractivity contribution in [1.29, 1.82) is 0 Å². The van der Waals surface area contributed by atoms with E-state index in [1.54, 1.807) is 6.20 Å². The van der Waals surface area contributed by atoms with Gasteiger partial charge in [0.05, 0.1) is 0 Å². The molecule has 110 valence electrons. The molecule has 0 fully saturated rings. The Kier molecular flexibility index (Phi) is 12.9. The van der Waals surface area contributed by atoms with E-state index in [1.165, 1.54) is 51.4 Å². The minimum atomic E-state index is 0.918. The van der Waals surface area contributed by atoms with Crippen molar-refractivity contribution in [2.75, 3.05) is 0 Å². The van der Waals surface area contributed by atoms with Crippen LogP contribution in [0.3, 0.4) is 0 Å². The molecule has 0 radical (unpaired) electrons. The SMILES string of the molecule is CCCCCCCCCC.CCc1nccc(C)n1. The molecule has 0 amide bonds. The van der Waals surface area contributed by atoms with Gasteiger partial charge in [-0.25, -0.2) is 9.97 Å². The molecule has 0 aromatic carbocycles. The van der Waals surface area contributed by atoms with Crippen molar-refractivity contribution in [1.82, 2.24) is 9.97 Å². The van der Waals surface area contributed by atoms with Gasteiger partial charge in [0.1, 0.15) is 5.82 Å². The zero-order valence-electron chi connectivity index (χ0n) is 13.4. The summed E-state index contributed by atoms with van der Waals surface area (Å²) in [4.78, 5) is 8.23. The molecule has 0 saturated heterocycles. The van der Waals surface area contributed by atoms with Crippen LogP contribution in [0.2, 0.25) is 0 Å². The summed E-state index contributed by atoms with van der Waals surface area (Å²) in [5, 5.41) is 0. The molecule has 1 heterocycles. The van der Waals surface area contributed by atoms with Crippen molar-refractivity contribution >= 4 is 0 Å². The van der Waals surface area contributed by atoms with E-state index in [1.807, 2.05) is 13.0 Å². The molecule has 0 saturated carbocycles. The summed E-state index contributed by atoms with van der Waals surface area (Å²) in [6, 6.07) is 1.90. The summed E-state index contributed by atoms with van der Waals surface area (Å²) in [6.07, 6.45) is 14.2. The van der Waals surface area contributed by atoms with Crippen LogP contribution < -0.4 is 0 Å². The normalized spacial score (nSPS) is 9.89. The Bertz CT molecular complexity index is 289. The molecule has 0 aliphatic rings. The van der Waals surface area contributed by atoms with E-state index in [2.05, 4.69) is 30.7 Å². The van der Waals surface area contributed by atoms with Crippen molar-refractivity contribution in [2.24, 2.45) is 0 Å². The standard InChI is InChI=1S/C10H22.C7H10N2/c1-3-5-7-9-10-8-6-4-2;1-3-7-8-5-4-6(2)9-7/h3-10H2,1-2H3;4-5H,3H2,1-2H3. The predicted molar refractivity (Wildman–Crippen MR) is 84.4 cm³/mol. The summed E-state index contributed by atoms with van der Waals surface area (Å²) in [5.41, 5.74) is 1.04. The van der Waals surface area contributed by atoms with E-state index in [-0.39, 0.29) is 0 Å². The molecule has 0 aliphatic carbocycles. The third-order valence-corrected chi connectivity index (χ3v) is 3.12. The Balaban J connectivity index is 0.000000342. The molecular weight excluding hydrogens is 232 g/mol. The van der Waals surface area contributed by atoms with Crippen molar-refractivity contribution < 1.29 is 0 Å². The maximum Gasteiger partial charge on any atom is 0.128 e. The number of hydrogen-bond acceptors (Lipinski definition) is 2. The van der Waals surface area contributed by atoms with Gasteiger partial charge in [-0.3, -0.25) is 0 Å². The maximum absolute atomic E-state index is 4.18. The Morgan fingerprint density at radius 3 is 1.74 bits per heavy atom. The van der Waals surface area contributed by atoms with Crippen molar-refractivity contribution in [3.8, 4) is 0 Å². The maximum atomic E-state index is 4.18. The van der Waals surface area contributed by atoms with Gasteiger partial charge in [-0.1, -0.05) is 72.1 Å². The van der Waals surface area contributed by atoms with Crippen molar-refractivity contribution in [2.45, 2.75) is 85.5 Å². The second-order valence-corrected chi connectivity index (χ2v) is 5.09. The Labute approximate surface area is 120 Å². The summed E-state index contributed by atoms with van der Waals surface area (Å²) in [7, 11) is 0. The lowest BCUT2D eigenvalue weighted by atomic mass is 10.1. The van der Waals surface area contributed by atoms with Gasteiger partial charge in [0.2, 0.25) is 0 Å². The lowest BCUT2D eigenvalue weighted by molar-refractivity contribution is 0.585. The quantitative estimate of drug-likeness (QED) is 0.580. The second-order valence-electron chi connectivity index (χ2n) is 5.09. The first-order valence-electron chi connectivity index (χ1n) is 8.03. The summed E-state index contributed by atoms with van der Waals surface area (Å²) < 4.78 is 0. The minimum absolute atomic E-state index is 0.918. The zero-order chi connectivity index (χ0) is 14.3. The third-order valence-electron chi connectivity index (χ3n) is 3.12. The lowest BCUT2D eigenvalue weighted by Gasteiger charge is -1.97. The van der Waals surface area contributed by atoms with Gasteiger partial charge in [0, 0.05) is 18.3 Å². The van der Waals surface area contributed by atoms with E-state index in [0.717, 1.165) is 17.9 Å². The van der Waals surface area contributed by atoms with Crippen LogP contribution in [0.1, 0.15) is 83.7 Å². The fourth-order valence-corrected chi connectivity index (χ4v) is 1.88. The van der Waals surface area contributed by atoms with Crippen LogP contribution in [-0.2, 0) is 6.42 Å². The zero-order valence-corrected chi connectivity index (χ0v) is 13.4. The predicted octanol–water partition coefficient (Wildman–Crippen LogP) is 5.49. The van der Waals surface area contributed by atoms with Gasteiger partial charge in [-0.2, -0.15) is 0 Å². The van der Waals surface area contributed by atoms with Crippen LogP contribution in [0.15, 0.2) is 12.3 Å². The van der Waals surface area contributed by atoms with E-state index in [0.29, 0.717) is 0 Å². The topological polar surface area (TPSA) is 25.8 Å². The molecule has 1 rings (SSSR count). The van der Waals surface area contributed by atoms with Crippen LogP contribution in [0.25, 0.3) is 0 Å². The molecule has 0 atom stereocenters. The molecule has 0 bridgehead atoms. The molecule has 1 aromatic heterocycles. The third kappa shape index (κ3) is 11.9. The Morgan fingerprint density at radius 1 is 0.842 bits per heavy atom. The number of rotatable bonds is 8. The molecule has 19 heavy (non-hydrogen) atoms. The summed E-state index contributed by atoms with van der Waals surface area (Å²) in [6.45, 7) is 8.56. The molecule has 0 spiro atoms. The number of nitrogens with zero attached hydrogens (tertiary/aromatic N) is 2. The Hall–Kier alpha value is -0.920. The van der Waals surface area contributed by atoms with Crippen LogP contribution in [-0.4, -0.2) is 9.97 Å². The fourth-order valence-electron chi connectivity index (χ4n) is 1.88. The molecule has 2 nitrogen and oxygen atoms in total. The van der Waals surface area contributed by atoms with Crippen LogP contribution in [0, 0.1) is 6.92 Å². The van der Waals surface area contributed by atoms with Crippen molar-refractivity contribution in [3.05, 3.63) is 23.8 Å². The summed E-state index contributed by atoms with van der Waals surface area (Å²) in [5.74, 6) is 0.926. The number of hydrogen-bond donors (Lipinski definition) is 0. The fraction of sp³-hybridized carbons (Fsp3) is 0.765. The first-order valence-corrected chi connectivity index (χ1v) is 8.03. The highest BCUT2D eigenvalue weighted by atomic mass is 14.9. The highest BCUT2D eigenvalue weighted by Gasteiger charge is 1.89. The van der Waals surface area contributed by atoms with E-state index in [9.17, 15) is 0 Å². The monoisotopic (exact) mass is 264 g/mol. The first-order chi connectivity index (χ1) is 9.24. The van der Waals surface area contributed by atoms with Gasteiger partial charge in [0.15, 0.2) is 0 Å². The second kappa shape index (κ2) is 13.5. The largest absolute Gasteiger partial charge is 0.241 e. The molecule has 0 aliphatic heterocycles. The number of unbranched alkanes of at least 4 members (excludes halogenated alkanes) is 7. The minimum Gasteiger partial charge on any atom is -0.241 e. The lowest BCUT2D eigenvalue weighted by Crippen LogP contribution is -1.92.